The van der Waals surface area contributed by atoms with Crippen molar-refractivity contribution in [3.8, 4) is 17.0 Å². The van der Waals surface area contributed by atoms with E-state index in [0.717, 1.165) is 11.3 Å². The largest absolute Gasteiger partial charge is 0.486 e. The molecule has 0 aliphatic rings. The van der Waals surface area contributed by atoms with E-state index in [9.17, 15) is 0 Å². The van der Waals surface area contributed by atoms with E-state index in [0.29, 0.717) is 23.8 Å². The van der Waals surface area contributed by atoms with E-state index in [-0.39, 0.29) is 0 Å². The molecule has 0 radical (unpaired) electrons. The van der Waals surface area contributed by atoms with E-state index in [1.165, 1.54) is 0 Å². The lowest BCUT2D eigenvalue weighted by atomic mass is 10.1. The van der Waals surface area contributed by atoms with Crippen LogP contribution in [0.1, 0.15) is 5.82 Å². The summed E-state index contributed by atoms with van der Waals surface area (Å²) in [6, 6.07) is 17.0. The lowest BCUT2D eigenvalue weighted by molar-refractivity contribution is 0.294. The van der Waals surface area contributed by atoms with Crippen LogP contribution in [0.3, 0.4) is 0 Å². The zero-order valence-corrected chi connectivity index (χ0v) is 11.3. The highest BCUT2D eigenvalue weighted by atomic mass is 16.5. The maximum atomic E-state index is 5.66. The maximum absolute atomic E-state index is 5.66. The van der Waals surface area contributed by atoms with Gasteiger partial charge in [-0.25, -0.2) is 4.98 Å². The summed E-state index contributed by atoms with van der Waals surface area (Å²) >= 11 is 0. The summed E-state index contributed by atoms with van der Waals surface area (Å²) in [4.78, 5) is 4.26. The second kappa shape index (κ2) is 6.00. The lowest BCUT2D eigenvalue weighted by Crippen LogP contribution is -2.03. The summed E-state index contributed by atoms with van der Waals surface area (Å²) < 4.78 is 5.57. The van der Waals surface area contributed by atoms with E-state index >= 15 is 0 Å². The Balaban J connectivity index is 1.68. The molecule has 104 valence electrons. The Kier molecular flexibility index (Phi) is 3.73. The fourth-order valence-electron chi connectivity index (χ4n) is 1.82. The fraction of sp³-hybridized carbons (Fsp3) is 0.0625. The normalized spacial score (nSPS) is 10.3. The lowest BCUT2D eigenvalue weighted by Gasteiger charge is -2.05. The highest BCUT2D eigenvalue weighted by molar-refractivity contribution is 5.60. The molecule has 2 aromatic carbocycles. The van der Waals surface area contributed by atoms with Crippen LogP contribution in [0.5, 0.6) is 5.75 Å². The number of rotatable bonds is 4. The molecule has 3 rings (SSSR count). The zero-order chi connectivity index (χ0) is 14.5. The van der Waals surface area contributed by atoms with Crippen LogP contribution in [0.2, 0.25) is 0 Å². The van der Waals surface area contributed by atoms with Crippen molar-refractivity contribution < 1.29 is 4.74 Å². The third kappa shape index (κ3) is 3.33. The number of ether oxygens (including phenoxy) is 1. The second-order valence-electron chi connectivity index (χ2n) is 4.48. The minimum atomic E-state index is 0.291. The number of aromatic nitrogens is 3. The van der Waals surface area contributed by atoms with Gasteiger partial charge in [-0.1, -0.05) is 30.3 Å². The standard InChI is InChI=1S/C16H14N4O/c17-13-8-6-12(7-9-13)15-10-18-16(20-19-15)11-21-14-4-2-1-3-5-14/h1-10H,11,17H2. The van der Waals surface area contributed by atoms with Gasteiger partial charge in [-0.15, -0.1) is 10.2 Å². The van der Waals surface area contributed by atoms with Gasteiger partial charge in [0, 0.05) is 11.3 Å². The smallest absolute Gasteiger partial charge is 0.188 e. The van der Waals surface area contributed by atoms with Gasteiger partial charge in [0.15, 0.2) is 5.82 Å². The van der Waals surface area contributed by atoms with Gasteiger partial charge in [-0.05, 0) is 24.3 Å². The van der Waals surface area contributed by atoms with Crippen LogP contribution in [-0.2, 0) is 6.61 Å². The Morgan fingerprint density at radius 2 is 1.67 bits per heavy atom. The van der Waals surface area contributed by atoms with E-state index < -0.39 is 0 Å². The summed E-state index contributed by atoms with van der Waals surface area (Å²) in [6.07, 6.45) is 1.68. The van der Waals surface area contributed by atoms with Crippen molar-refractivity contribution in [3.63, 3.8) is 0 Å². The van der Waals surface area contributed by atoms with Gasteiger partial charge < -0.3 is 10.5 Å². The van der Waals surface area contributed by atoms with E-state index in [1.807, 2.05) is 54.6 Å². The summed E-state index contributed by atoms with van der Waals surface area (Å²) in [5.74, 6) is 1.32. The van der Waals surface area contributed by atoms with Crippen LogP contribution in [0.4, 0.5) is 5.69 Å². The Morgan fingerprint density at radius 3 is 2.33 bits per heavy atom. The zero-order valence-electron chi connectivity index (χ0n) is 11.3. The van der Waals surface area contributed by atoms with Crippen LogP contribution in [0.25, 0.3) is 11.3 Å². The molecule has 1 heterocycles. The topological polar surface area (TPSA) is 73.9 Å². The molecule has 21 heavy (non-hydrogen) atoms. The van der Waals surface area contributed by atoms with E-state index in [1.54, 1.807) is 6.20 Å². The molecule has 0 atom stereocenters. The predicted molar refractivity (Wildman–Crippen MR) is 80.4 cm³/mol. The molecule has 5 heteroatoms. The molecule has 0 aliphatic carbocycles. The highest BCUT2D eigenvalue weighted by Crippen LogP contribution is 2.17. The Labute approximate surface area is 122 Å². The van der Waals surface area contributed by atoms with Crippen LogP contribution in [-0.4, -0.2) is 15.2 Å². The average molecular weight is 278 g/mol. The first-order valence-corrected chi connectivity index (χ1v) is 6.53. The van der Waals surface area contributed by atoms with Crippen molar-refractivity contribution in [2.24, 2.45) is 0 Å². The number of nitrogens with two attached hydrogens (primary N) is 1. The molecule has 2 N–H and O–H groups in total. The van der Waals surface area contributed by atoms with Gasteiger partial charge >= 0.3 is 0 Å². The molecule has 0 saturated heterocycles. The van der Waals surface area contributed by atoms with E-state index in [2.05, 4.69) is 15.2 Å². The number of hydrogen-bond donors (Lipinski definition) is 1. The first kappa shape index (κ1) is 13.1. The average Bonchev–Trinajstić information content (AvgIpc) is 2.55. The molecule has 0 bridgehead atoms. The van der Waals surface area contributed by atoms with Gasteiger partial charge in [0.25, 0.3) is 0 Å². The quantitative estimate of drug-likeness (QED) is 0.743. The predicted octanol–water partition coefficient (Wildman–Crippen LogP) is 2.70. The van der Waals surface area contributed by atoms with Crippen molar-refractivity contribution >= 4 is 5.69 Å². The van der Waals surface area contributed by atoms with Crippen molar-refractivity contribution in [1.82, 2.24) is 15.2 Å². The minimum absolute atomic E-state index is 0.291. The molecule has 0 aliphatic heterocycles. The molecule has 0 spiro atoms. The SMILES string of the molecule is Nc1ccc(-c2cnc(COc3ccccc3)nn2)cc1. The molecule has 0 amide bonds. The molecule has 1 aromatic heterocycles. The van der Waals surface area contributed by atoms with Crippen LogP contribution >= 0.6 is 0 Å². The number of para-hydroxylation sites is 1. The summed E-state index contributed by atoms with van der Waals surface area (Å²) in [7, 11) is 0. The van der Waals surface area contributed by atoms with Gasteiger partial charge in [0.05, 0.1) is 6.20 Å². The molecule has 0 unspecified atom stereocenters. The number of anilines is 1. The van der Waals surface area contributed by atoms with Crippen LogP contribution in [0, 0.1) is 0 Å². The van der Waals surface area contributed by atoms with E-state index in [4.69, 9.17) is 10.5 Å². The first-order chi connectivity index (χ1) is 10.3. The summed E-state index contributed by atoms with van der Waals surface area (Å²) in [5.41, 5.74) is 8.01. The van der Waals surface area contributed by atoms with Crippen LogP contribution < -0.4 is 10.5 Å². The number of nitrogen functional groups attached to an aromatic ring is 1. The monoisotopic (exact) mass is 278 g/mol. The molecule has 5 nitrogen and oxygen atoms in total. The number of hydrogen-bond acceptors (Lipinski definition) is 5. The number of nitrogens with zero attached hydrogens (tertiary/aromatic N) is 3. The van der Waals surface area contributed by atoms with Gasteiger partial charge in [-0.2, -0.15) is 0 Å². The molecule has 0 fully saturated rings. The first-order valence-electron chi connectivity index (χ1n) is 6.53. The molecule has 3 aromatic rings. The van der Waals surface area contributed by atoms with Gasteiger partial charge in [0.2, 0.25) is 0 Å². The van der Waals surface area contributed by atoms with Crippen molar-refractivity contribution in [1.29, 1.82) is 0 Å². The molecular formula is C16H14N4O. The minimum Gasteiger partial charge on any atom is -0.486 e. The summed E-state index contributed by atoms with van der Waals surface area (Å²) in [5, 5.41) is 8.23. The third-order valence-electron chi connectivity index (χ3n) is 2.93. The Bertz CT molecular complexity index is 697. The Morgan fingerprint density at radius 1 is 0.905 bits per heavy atom. The summed E-state index contributed by atoms with van der Waals surface area (Å²) in [6.45, 7) is 0.291. The van der Waals surface area contributed by atoms with Gasteiger partial charge in [-0.3, -0.25) is 0 Å². The van der Waals surface area contributed by atoms with Crippen LogP contribution in [0.15, 0.2) is 60.8 Å². The second-order valence-corrected chi connectivity index (χ2v) is 4.48. The molecular weight excluding hydrogens is 264 g/mol. The van der Waals surface area contributed by atoms with Gasteiger partial charge in [0.1, 0.15) is 18.1 Å². The fourth-order valence-corrected chi connectivity index (χ4v) is 1.82. The maximum Gasteiger partial charge on any atom is 0.188 e. The van der Waals surface area contributed by atoms with Crippen molar-refractivity contribution in [2.75, 3.05) is 5.73 Å². The van der Waals surface area contributed by atoms with Crippen molar-refractivity contribution in [2.45, 2.75) is 6.61 Å². The third-order valence-corrected chi connectivity index (χ3v) is 2.93. The van der Waals surface area contributed by atoms with Crippen molar-refractivity contribution in [3.05, 3.63) is 66.6 Å². The molecule has 0 saturated carbocycles. The highest BCUT2D eigenvalue weighted by Gasteiger charge is 2.03. The Hall–Kier alpha value is -2.95. The number of benzene rings is 2.